The first-order valence-corrected chi connectivity index (χ1v) is 9.59. The maximum absolute atomic E-state index is 12.7. The topological polar surface area (TPSA) is 102 Å². The van der Waals surface area contributed by atoms with Crippen molar-refractivity contribution in [2.75, 3.05) is 19.6 Å². The molecule has 0 spiro atoms. The van der Waals surface area contributed by atoms with Crippen LogP contribution in [0.2, 0.25) is 0 Å². The van der Waals surface area contributed by atoms with Gasteiger partial charge in [0, 0.05) is 31.4 Å². The van der Waals surface area contributed by atoms with Gasteiger partial charge in [0.25, 0.3) is 5.91 Å². The minimum absolute atomic E-state index is 0.00183. The van der Waals surface area contributed by atoms with Gasteiger partial charge in [0.15, 0.2) is 0 Å². The van der Waals surface area contributed by atoms with E-state index in [4.69, 9.17) is 4.42 Å². The Balaban J connectivity index is 1.25. The zero-order valence-electron chi connectivity index (χ0n) is 15.7. The number of aromatic nitrogens is 3. The highest BCUT2D eigenvalue weighted by Crippen LogP contribution is 2.23. The second-order valence-corrected chi connectivity index (χ2v) is 7.46. The third-order valence-electron chi connectivity index (χ3n) is 5.48. The standard InChI is InChI=1S/C20H19N5O4/c26-18-6-3-7-23(18)9-14-10-25(22-21-14)15-11-24(12-15)19(27)16-8-13-4-1-2-5-17(13)29-20(16)28/h1-2,4-5,8,10,15H,3,6-7,9,11-12H2. The van der Waals surface area contributed by atoms with Crippen molar-refractivity contribution in [3.63, 3.8) is 0 Å². The Morgan fingerprint density at radius 3 is 2.83 bits per heavy atom. The zero-order chi connectivity index (χ0) is 20.0. The Kier molecular flexibility index (Phi) is 4.15. The Morgan fingerprint density at radius 2 is 2.03 bits per heavy atom. The van der Waals surface area contributed by atoms with Crippen molar-refractivity contribution >= 4 is 22.8 Å². The minimum atomic E-state index is -0.629. The Bertz CT molecular complexity index is 1160. The van der Waals surface area contributed by atoms with Crippen LogP contribution in [0, 0.1) is 0 Å². The molecular formula is C20H19N5O4. The number of rotatable bonds is 4. The van der Waals surface area contributed by atoms with E-state index >= 15 is 0 Å². The molecule has 0 N–H and O–H groups in total. The quantitative estimate of drug-likeness (QED) is 0.618. The molecule has 2 aliphatic heterocycles. The third kappa shape index (κ3) is 3.18. The summed E-state index contributed by atoms with van der Waals surface area (Å²) >= 11 is 0. The molecule has 2 aliphatic rings. The molecule has 1 aromatic carbocycles. The fourth-order valence-corrected chi connectivity index (χ4v) is 3.80. The van der Waals surface area contributed by atoms with Gasteiger partial charge in [-0.15, -0.1) is 5.10 Å². The van der Waals surface area contributed by atoms with Crippen LogP contribution in [0.5, 0.6) is 0 Å². The number of benzene rings is 1. The van der Waals surface area contributed by atoms with Crippen LogP contribution in [0.1, 0.15) is 34.9 Å². The molecule has 0 aliphatic carbocycles. The van der Waals surface area contributed by atoms with E-state index in [2.05, 4.69) is 10.3 Å². The van der Waals surface area contributed by atoms with Gasteiger partial charge in [-0.1, -0.05) is 23.4 Å². The summed E-state index contributed by atoms with van der Waals surface area (Å²) in [5.74, 6) is -0.196. The van der Waals surface area contributed by atoms with E-state index in [1.165, 1.54) is 0 Å². The Labute approximate surface area is 165 Å². The summed E-state index contributed by atoms with van der Waals surface area (Å²) < 4.78 is 6.98. The summed E-state index contributed by atoms with van der Waals surface area (Å²) in [4.78, 5) is 40.0. The first-order chi connectivity index (χ1) is 14.1. The summed E-state index contributed by atoms with van der Waals surface area (Å²) in [5.41, 5.74) is 0.604. The highest BCUT2D eigenvalue weighted by molar-refractivity contribution is 5.97. The molecule has 29 heavy (non-hydrogen) atoms. The third-order valence-corrected chi connectivity index (χ3v) is 5.48. The van der Waals surface area contributed by atoms with Gasteiger partial charge >= 0.3 is 5.63 Å². The van der Waals surface area contributed by atoms with Gasteiger partial charge in [0.1, 0.15) is 16.8 Å². The zero-order valence-corrected chi connectivity index (χ0v) is 15.7. The molecular weight excluding hydrogens is 374 g/mol. The molecule has 4 heterocycles. The molecule has 148 valence electrons. The lowest BCUT2D eigenvalue weighted by Gasteiger charge is -2.38. The van der Waals surface area contributed by atoms with Crippen molar-refractivity contribution in [3.8, 4) is 0 Å². The van der Waals surface area contributed by atoms with E-state index < -0.39 is 5.63 Å². The monoisotopic (exact) mass is 393 g/mol. The molecule has 5 rings (SSSR count). The van der Waals surface area contributed by atoms with Gasteiger partial charge in [0.2, 0.25) is 5.91 Å². The molecule has 9 heteroatoms. The average Bonchev–Trinajstić information content (AvgIpc) is 3.29. The van der Waals surface area contributed by atoms with Crippen molar-refractivity contribution in [1.29, 1.82) is 0 Å². The predicted molar refractivity (Wildman–Crippen MR) is 102 cm³/mol. The molecule has 2 aromatic heterocycles. The molecule has 0 unspecified atom stereocenters. The SMILES string of the molecule is O=C1CCCN1Cc1cn(C2CN(C(=O)c3cc4ccccc4oc3=O)C2)nn1. The fourth-order valence-electron chi connectivity index (χ4n) is 3.80. The second kappa shape index (κ2) is 6.84. The Morgan fingerprint density at radius 1 is 1.21 bits per heavy atom. The van der Waals surface area contributed by atoms with Crippen LogP contribution in [0.4, 0.5) is 0 Å². The van der Waals surface area contributed by atoms with Crippen molar-refractivity contribution in [2.45, 2.75) is 25.4 Å². The molecule has 0 saturated carbocycles. The lowest BCUT2D eigenvalue weighted by molar-refractivity contribution is -0.128. The number of carbonyl (C=O) groups is 2. The van der Waals surface area contributed by atoms with Gasteiger partial charge in [-0.2, -0.15) is 0 Å². The number of fused-ring (bicyclic) bond motifs is 1. The van der Waals surface area contributed by atoms with Crippen LogP contribution in [0.15, 0.2) is 45.7 Å². The van der Waals surface area contributed by atoms with E-state index in [1.54, 1.807) is 38.7 Å². The van der Waals surface area contributed by atoms with Crippen LogP contribution < -0.4 is 5.63 Å². The van der Waals surface area contributed by atoms with Crippen molar-refractivity contribution in [2.24, 2.45) is 0 Å². The van der Waals surface area contributed by atoms with E-state index in [0.717, 1.165) is 18.7 Å². The lowest BCUT2D eigenvalue weighted by Crippen LogP contribution is -2.51. The number of carbonyl (C=O) groups excluding carboxylic acids is 2. The summed E-state index contributed by atoms with van der Waals surface area (Å²) in [6.07, 6.45) is 3.30. The van der Waals surface area contributed by atoms with Crippen molar-refractivity contribution < 1.29 is 14.0 Å². The number of para-hydroxylation sites is 1. The van der Waals surface area contributed by atoms with Gasteiger partial charge in [-0.25, -0.2) is 9.48 Å². The highest BCUT2D eigenvalue weighted by atomic mass is 16.4. The lowest BCUT2D eigenvalue weighted by atomic mass is 10.1. The molecule has 0 bridgehead atoms. The van der Waals surface area contributed by atoms with Gasteiger partial charge < -0.3 is 14.2 Å². The van der Waals surface area contributed by atoms with Gasteiger partial charge in [-0.3, -0.25) is 9.59 Å². The molecule has 2 saturated heterocycles. The highest BCUT2D eigenvalue weighted by Gasteiger charge is 2.35. The summed E-state index contributed by atoms with van der Waals surface area (Å²) in [7, 11) is 0. The van der Waals surface area contributed by atoms with E-state index in [-0.39, 0.29) is 23.4 Å². The van der Waals surface area contributed by atoms with Crippen LogP contribution >= 0.6 is 0 Å². The van der Waals surface area contributed by atoms with Crippen LogP contribution in [-0.2, 0) is 11.3 Å². The first kappa shape index (κ1) is 17.6. The molecule has 2 amide bonds. The second-order valence-electron chi connectivity index (χ2n) is 7.46. The maximum atomic E-state index is 12.7. The van der Waals surface area contributed by atoms with E-state index in [0.29, 0.717) is 37.0 Å². The van der Waals surface area contributed by atoms with Gasteiger partial charge in [0.05, 0.1) is 18.8 Å². The smallest absolute Gasteiger partial charge is 0.349 e. The predicted octanol–water partition coefficient (Wildman–Crippen LogP) is 1.20. The molecule has 2 fully saturated rings. The van der Waals surface area contributed by atoms with E-state index in [9.17, 15) is 14.4 Å². The van der Waals surface area contributed by atoms with Crippen molar-refractivity contribution in [3.05, 3.63) is 58.2 Å². The maximum Gasteiger partial charge on any atom is 0.349 e. The van der Waals surface area contributed by atoms with Crippen LogP contribution in [-0.4, -0.2) is 56.2 Å². The van der Waals surface area contributed by atoms with Crippen molar-refractivity contribution in [1.82, 2.24) is 24.8 Å². The molecule has 0 radical (unpaired) electrons. The normalized spacial score (nSPS) is 17.2. The van der Waals surface area contributed by atoms with Crippen LogP contribution in [0.25, 0.3) is 11.0 Å². The number of nitrogens with zero attached hydrogens (tertiary/aromatic N) is 5. The van der Waals surface area contributed by atoms with E-state index in [1.807, 2.05) is 12.3 Å². The number of hydrogen-bond donors (Lipinski definition) is 0. The minimum Gasteiger partial charge on any atom is -0.422 e. The fraction of sp³-hybridized carbons (Fsp3) is 0.350. The molecule has 0 atom stereocenters. The molecule has 3 aromatic rings. The number of hydrogen-bond acceptors (Lipinski definition) is 6. The summed E-state index contributed by atoms with van der Waals surface area (Å²) in [6, 6.07) is 8.69. The van der Waals surface area contributed by atoms with Crippen LogP contribution in [0.3, 0.4) is 0 Å². The molecule has 9 nitrogen and oxygen atoms in total. The summed E-state index contributed by atoms with van der Waals surface area (Å²) in [6.45, 7) is 2.10. The average molecular weight is 393 g/mol. The van der Waals surface area contributed by atoms with Gasteiger partial charge in [-0.05, 0) is 18.6 Å². The largest absolute Gasteiger partial charge is 0.422 e. The summed E-state index contributed by atoms with van der Waals surface area (Å²) in [5, 5.41) is 9.00. The number of amides is 2. The Hall–Kier alpha value is -3.49. The number of likely N-dealkylation sites (tertiary alicyclic amines) is 2. The first-order valence-electron chi connectivity index (χ1n) is 9.59.